The highest BCUT2D eigenvalue weighted by Gasteiger charge is 2.09. The Morgan fingerprint density at radius 1 is 1.69 bits per heavy atom. The molecule has 0 spiro atoms. The molecule has 0 bridgehead atoms. The van der Waals surface area contributed by atoms with Crippen LogP contribution in [0.25, 0.3) is 0 Å². The van der Waals surface area contributed by atoms with Crippen LogP contribution in [0.5, 0.6) is 0 Å². The molecular formula is C8H10FN3O. The van der Waals surface area contributed by atoms with Crippen LogP contribution in [0.2, 0.25) is 0 Å². The molecule has 1 aromatic heterocycles. The fraction of sp³-hybridized carbons (Fsp3) is 0.250. The van der Waals surface area contributed by atoms with Crippen molar-refractivity contribution >= 4 is 5.91 Å². The Morgan fingerprint density at radius 2 is 2.46 bits per heavy atom. The fourth-order valence-electron chi connectivity index (χ4n) is 0.840. The van der Waals surface area contributed by atoms with Crippen molar-refractivity contribution in [3.63, 3.8) is 0 Å². The molecule has 0 aliphatic carbocycles. The summed E-state index contributed by atoms with van der Waals surface area (Å²) in [5.74, 6) is -1.10. The Bertz CT molecular complexity index is 303. The number of hydrogen-bond donors (Lipinski definition) is 2. The van der Waals surface area contributed by atoms with Crippen molar-refractivity contribution in [3.8, 4) is 0 Å². The second-order valence-corrected chi connectivity index (χ2v) is 2.40. The molecule has 0 aliphatic rings. The molecule has 5 heteroatoms. The maximum Gasteiger partial charge on any atom is 0.254 e. The van der Waals surface area contributed by atoms with Gasteiger partial charge in [0.15, 0.2) is 5.82 Å². The lowest BCUT2D eigenvalue weighted by Crippen LogP contribution is -2.29. The van der Waals surface area contributed by atoms with Gasteiger partial charge in [0.1, 0.15) is 0 Å². The minimum absolute atomic E-state index is 0.0107. The molecule has 0 saturated carbocycles. The van der Waals surface area contributed by atoms with E-state index in [0.717, 1.165) is 6.20 Å². The van der Waals surface area contributed by atoms with Gasteiger partial charge in [-0.05, 0) is 6.07 Å². The Morgan fingerprint density at radius 3 is 3.08 bits per heavy atom. The van der Waals surface area contributed by atoms with Gasteiger partial charge in [-0.2, -0.15) is 0 Å². The monoisotopic (exact) mass is 183 g/mol. The van der Waals surface area contributed by atoms with Gasteiger partial charge in [-0.15, -0.1) is 0 Å². The van der Waals surface area contributed by atoms with E-state index in [1.807, 2.05) is 0 Å². The van der Waals surface area contributed by atoms with Crippen molar-refractivity contribution in [3.05, 3.63) is 29.8 Å². The summed E-state index contributed by atoms with van der Waals surface area (Å²) in [6.45, 7) is 0.666. The van der Waals surface area contributed by atoms with E-state index in [4.69, 9.17) is 5.73 Å². The molecule has 0 saturated heterocycles. The van der Waals surface area contributed by atoms with Crippen LogP contribution in [0, 0.1) is 5.82 Å². The Labute approximate surface area is 75.0 Å². The maximum atomic E-state index is 12.9. The zero-order valence-corrected chi connectivity index (χ0v) is 6.96. The Hall–Kier alpha value is -1.49. The van der Waals surface area contributed by atoms with Crippen LogP contribution >= 0.6 is 0 Å². The molecule has 0 fully saturated rings. The highest BCUT2D eigenvalue weighted by atomic mass is 19.1. The number of pyridine rings is 1. The summed E-state index contributed by atoms with van der Waals surface area (Å²) < 4.78 is 12.9. The zero-order valence-electron chi connectivity index (χ0n) is 6.96. The number of carbonyl (C=O) groups excluding carboxylic acids is 1. The van der Waals surface area contributed by atoms with Gasteiger partial charge in [0, 0.05) is 19.3 Å². The van der Waals surface area contributed by atoms with Gasteiger partial charge in [0.25, 0.3) is 5.91 Å². The predicted molar refractivity (Wildman–Crippen MR) is 45.6 cm³/mol. The van der Waals surface area contributed by atoms with Gasteiger partial charge in [0.05, 0.1) is 11.8 Å². The molecule has 1 aromatic rings. The third kappa shape index (κ3) is 2.48. The van der Waals surface area contributed by atoms with Crippen LogP contribution < -0.4 is 11.1 Å². The third-order valence-electron chi connectivity index (χ3n) is 1.45. The molecule has 1 rings (SSSR count). The summed E-state index contributed by atoms with van der Waals surface area (Å²) in [5, 5.41) is 2.46. The Balaban J connectivity index is 2.71. The lowest BCUT2D eigenvalue weighted by Gasteiger charge is -2.03. The van der Waals surface area contributed by atoms with E-state index in [9.17, 15) is 9.18 Å². The number of hydrogen-bond acceptors (Lipinski definition) is 3. The third-order valence-corrected chi connectivity index (χ3v) is 1.45. The highest BCUT2D eigenvalue weighted by Crippen LogP contribution is 2.03. The molecule has 1 amide bonds. The van der Waals surface area contributed by atoms with E-state index >= 15 is 0 Å². The van der Waals surface area contributed by atoms with E-state index in [0.29, 0.717) is 13.1 Å². The van der Waals surface area contributed by atoms with Gasteiger partial charge in [-0.1, -0.05) is 0 Å². The van der Waals surface area contributed by atoms with E-state index in [1.54, 1.807) is 0 Å². The molecule has 0 aliphatic heterocycles. The van der Waals surface area contributed by atoms with Crippen molar-refractivity contribution in [2.45, 2.75) is 0 Å². The van der Waals surface area contributed by atoms with Crippen LogP contribution in [0.4, 0.5) is 4.39 Å². The van der Waals surface area contributed by atoms with Crippen LogP contribution in [0.15, 0.2) is 18.5 Å². The number of rotatable bonds is 3. The second kappa shape index (κ2) is 4.51. The minimum Gasteiger partial charge on any atom is -0.351 e. The van der Waals surface area contributed by atoms with Gasteiger partial charge in [0.2, 0.25) is 0 Å². The topological polar surface area (TPSA) is 68.0 Å². The number of nitrogens with two attached hydrogens (primary N) is 1. The molecule has 13 heavy (non-hydrogen) atoms. The summed E-state index contributed by atoms with van der Waals surface area (Å²) in [5.41, 5.74) is 5.16. The first-order valence-corrected chi connectivity index (χ1v) is 3.83. The van der Waals surface area contributed by atoms with Crippen molar-refractivity contribution in [1.29, 1.82) is 0 Å². The van der Waals surface area contributed by atoms with Crippen LogP contribution in [-0.4, -0.2) is 24.0 Å². The molecule has 4 nitrogen and oxygen atoms in total. The molecule has 3 N–H and O–H groups in total. The second-order valence-electron chi connectivity index (χ2n) is 2.40. The molecule has 70 valence electrons. The molecule has 0 unspecified atom stereocenters. The summed E-state index contributed by atoms with van der Waals surface area (Å²) in [6, 6.07) is 1.32. The van der Waals surface area contributed by atoms with Crippen molar-refractivity contribution in [2.75, 3.05) is 13.1 Å². The number of nitrogens with zero attached hydrogens (tertiary/aromatic N) is 1. The van der Waals surface area contributed by atoms with E-state index in [1.165, 1.54) is 12.3 Å². The first-order valence-electron chi connectivity index (χ1n) is 3.83. The summed E-state index contributed by atoms with van der Waals surface area (Å²) in [7, 11) is 0. The smallest absolute Gasteiger partial charge is 0.254 e. The average Bonchev–Trinajstić information content (AvgIpc) is 2.15. The SMILES string of the molecule is NCCNC(=O)c1ccncc1F. The summed E-state index contributed by atoms with van der Waals surface area (Å²) >= 11 is 0. The van der Waals surface area contributed by atoms with Crippen molar-refractivity contribution in [1.82, 2.24) is 10.3 Å². The van der Waals surface area contributed by atoms with Gasteiger partial charge < -0.3 is 11.1 Å². The maximum absolute atomic E-state index is 12.9. The van der Waals surface area contributed by atoms with Crippen LogP contribution in [-0.2, 0) is 0 Å². The fourth-order valence-corrected chi connectivity index (χ4v) is 0.840. The van der Waals surface area contributed by atoms with Gasteiger partial charge in [-0.3, -0.25) is 9.78 Å². The van der Waals surface area contributed by atoms with Crippen LogP contribution in [0.1, 0.15) is 10.4 Å². The zero-order chi connectivity index (χ0) is 9.68. The summed E-state index contributed by atoms with van der Waals surface area (Å²) in [6.07, 6.45) is 2.36. The lowest BCUT2D eigenvalue weighted by atomic mass is 10.2. The average molecular weight is 183 g/mol. The van der Waals surface area contributed by atoms with E-state index < -0.39 is 11.7 Å². The number of amides is 1. The van der Waals surface area contributed by atoms with E-state index in [2.05, 4.69) is 10.3 Å². The lowest BCUT2D eigenvalue weighted by molar-refractivity contribution is 0.0950. The quantitative estimate of drug-likeness (QED) is 0.688. The summed E-state index contributed by atoms with van der Waals surface area (Å²) in [4.78, 5) is 14.7. The number of halogens is 1. The number of nitrogens with one attached hydrogen (secondary N) is 1. The molecule has 0 aromatic carbocycles. The van der Waals surface area contributed by atoms with E-state index in [-0.39, 0.29) is 5.56 Å². The van der Waals surface area contributed by atoms with Crippen LogP contribution in [0.3, 0.4) is 0 Å². The van der Waals surface area contributed by atoms with Gasteiger partial charge >= 0.3 is 0 Å². The molecular weight excluding hydrogens is 173 g/mol. The molecule has 0 radical (unpaired) electrons. The first kappa shape index (κ1) is 9.60. The largest absolute Gasteiger partial charge is 0.351 e. The number of aromatic nitrogens is 1. The molecule has 0 atom stereocenters. The molecule has 1 heterocycles. The van der Waals surface area contributed by atoms with Gasteiger partial charge in [-0.25, -0.2) is 4.39 Å². The Kier molecular flexibility index (Phi) is 3.33. The number of carbonyl (C=O) groups is 1. The normalized spacial score (nSPS) is 9.69. The standard InChI is InChI=1S/C8H10FN3O/c9-7-5-11-3-1-6(7)8(13)12-4-2-10/h1,3,5H,2,4,10H2,(H,12,13). The highest BCUT2D eigenvalue weighted by molar-refractivity contribution is 5.94. The van der Waals surface area contributed by atoms with Crippen molar-refractivity contribution < 1.29 is 9.18 Å². The predicted octanol–water partition coefficient (Wildman–Crippen LogP) is -0.0908. The first-order chi connectivity index (χ1) is 6.25. The minimum atomic E-state index is -0.628. The van der Waals surface area contributed by atoms with Crippen molar-refractivity contribution in [2.24, 2.45) is 5.73 Å².